The van der Waals surface area contributed by atoms with Crippen molar-refractivity contribution >= 4 is 11.9 Å². The number of carbonyl (C=O) groups excluding carboxylic acids is 1. The quantitative estimate of drug-likeness (QED) is 0.748. The van der Waals surface area contributed by atoms with E-state index in [1.807, 2.05) is 11.8 Å². The zero-order valence-electron chi connectivity index (χ0n) is 11.1. The number of hydrogen-bond donors (Lipinski definition) is 2. The van der Waals surface area contributed by atoms with Gasteiger partial charge in [0.1, 0.15) is 0 Å². The first-order chi connectivity index (χ1) is 8.54. The van der Waals surface area contributed by atoms with Crippen LogP contribution >= 0.6 is 0 Å². The van der Waals surface area contributed by atoms with E-state index >= 15 is 0 Å². The summed E-state index contributed by atoms with van der Waals surface area (Å²) < 4.78 is 0. The highest BCUT2D eigenvalue weighted by Crippen LogP contribution is 2.21. The van der Waals surface area contributed by atoms with Gasteiger partial charge in [-0.15, -0.1) is 0 Å². The predicted molar refractivity (Wildman–Crippen MR) is 69.1 cm³/mol. The molecule has 0 aromatic heterocycles. The molecule has 1 aliphatic heterocycles. The highest BCUT2D eigenvalue weighted by Gasteiger charge is 2.26. The van der Waals surface area contributed by atoms with E-state index in [1.54, 1.807) is 0 Å². The van der Waals surface area contributed by atoms with E-state index in [4.69, 9.17) is 10.8 Å². The first-order valence-corrected chi connectivity index (χ1v) is 6.80. The molecule has 1 heterocycles. The van der Waals surface area contributed by atoms with Crippen LogP contribution in [-0.4, -0.2) is 41.0 Å². The molecule has 1 unspecified atom stereocenters. The molecular formula is C13H24N2O3. The Kier molecular flexibility index (Phi) is 6.12. The zero-order chi connectivity index (χ0) is 13.5. The summed E-state index contributed by atoms with van der Waals surface area (Å²) >= 11 is 0. The third kappa shape index (κ3) is 4.64. The van der Waals surface area contributed by atoms with E-state index < -0.39 is 12.0 Å². The van der Waals surface area contributed by atoms with Crippen LogP contribution in [0.4, 0.5) is 0 Å². The second-order valence-corrected chi connectivity index (χ2v) is 5.12. The van der Waals surface area contributed by atoms with E-state index in [2.05, 4.69) is 0 Å². The number of carboxylic acids is 1. The van der Waals surface area contributed by atoms with Crippen LogP contribution in [0.1, 0.15) is 45.4 Å². The van der Waals surface area contributed by atoms with Gasteiger partial charge in [-0.05, 0) is 31.6 Å². The molecule has 1 saturated heterocycles. The van der Waals surface area contributed by atoms with Crippen molar-refractivity contribution in [1.82, 2.24) is 4.90 Å². The average Bonchev–Trinajstić information content (AvgIpc) is 2.36. The van der Waals surface area contributed by atoms with Crippen molar-refractivity contribution in [2.24, 2.45) is 11.7 Å². The second kappa shape index (κ2) is 7.36. The molecule has 18 heavy (non-hydrogen) atoms. The van der Waals surface area contributed by atoms with Gasteiger partial charge in [-0.1, -0.05) is 13.3 Å². The lowest BCUT2D eigenvalue weighted by atomic mass is 9.93. The van der Waals surface area contributed by atoms with Gasteiger partial charge in [-0.2, -0.15) is 0 Å². The third-order valence-electron chi connectivity index (χ3n) is 3.51. The molecule has 0 aromatic rings. The Morgan fingerprint density at radius 2 is 2.22 bits per heavy atom. The molecule has 1 fully saturated rings. The highest BCUT2D eigenvalue weighted by atomic mass is 16.4. The van der Waals surface area contributed by atoms with Gasteiger partial charge in [0.15, 0.2) is 0 Å². The molecule has 1 amide bonds. The standard InChI is InChI=1S/C13H24N2O3/c1-2-4-11(14)13(18)15-8-3-5-10(9-15)6-7-12(16)17/h10-11H,2-9,14H2,1H3,(H,16,17)/t10?,11-/m1/s1. The lowest BCUT2D eigenvalue weighted by Crippen LogP contribution is -2.48. The van der Waals surface area contributed by atoms with Gasteiger partial charge >= 0.3 is 5.97 Å². The van der Waals surface area contributed by atoms with Gasteiger partial charge in [-0.25, -0.2) is 0 Å². The Morgan fingerprint density at radius 1 is 1.50 bits per heavy atom. The summed E-state index contributed by atoms with van der Waals surface area (Å²) in [5.74, 6) is -0.425. The molecule has 104 valence electrons. The van der Waals surface area contributed by atoms with E-state index in [-0.39, 0.29) is 12.3 Å². The van der Waals surface area contributed by atoms with Crippen LogP contribution in [0.25, 0.3) is 0 Å². The van der Waals surface area contributed by atoms with Gasteiger partial charge in [-0.3, -0.25) is 9.59 Å². The van der Waals surface area contributed by atoms with Gasteiger partial charge < -0.3 is 15.7 Å². The topological polar surface area (TPSA) is 83.6 Å². The van der Waals surface area contributed by atoms with Crippen molar-refractivity contribution in [1.29, 1.82) is 0 Å². The number of nitrogens with two attached hydrogens (primary N) is 1. The SMILES string of the molecule is CCC[C@@H](N)C(=O)N1CCCC(CCC(=O)O)C1. The van der Waals surface area contributed by atoms with Crippen LogP contribution in [0, 0.1) is 5.92 Å². The number of carbonyl (C=O) groups is 2. The number of piperidine rings is 1. The molecule has 3 N–H and O–H groups in total. The molecule has 0 aromatic carbocycles. The molecule has 5 heteroatoms. The maximum Gasteiger partial charge on any atom is 0.303 e. The molecule has 0 aliphatic carbocycles. The van der Waals surface area contributed by atoms with Crippen molar-refractivity contribution in [3.05, 3.63) is 0 Å². The number of rotatable bonds is 6. The summed E-state index contributed by atoms with van der Waals surface area (Å²) in [6.45, 7) is 3.45. The molecular weight excluding hydrogens is 232 g/mol. The fourth-order valence-electron chi connectivity index (χ4n) is 2.50. The van der Waals surface area contributed by atoms with E-state index in [9.17, 15) is 9.59 Å². The lowest BCUT2D eigenvalue weighted by molar-refractivity contribution is -0.137. The number of likely N-dealkylation sites (tertiary alicyclic amines) is 1. The van der Waals surface area contributed by atoms with Crippen molar-refractivity contribution in [2.75, 3.05) is 13.1 Å². The lowest BCUT2D eigenvalue weighted by Gasteiger charge is -2.34. The van der Waals surface area contributed by atoms with E-state index in [1.165, 1.54) is 0 Å². The maximum absolute atomic E-state index is 12.1. The van der Waals surface area contributed by atoms with Gasteiger partial charge in [0.25, 0.3) is 0 Å². The van der Waals surface area contributed by atoms with Gasteiger partial charge in [0.2, 0.25) is 5.91 Å². The highest BCUT2D eigenvalue weighted by molar-refractivity contribution is 5.81. The minimum Gasteiger partial charge on any atom is -0.481 e. The first kappa shape index (κ1) is 15.0. The Hall–Kier alpha value is -1.10. The summed E-state index contributed by atoms with van der Waals surface area (Å²) in [4.78, 5) is 24.4. The summed E-state index contributed by atoms with van der Waals surface area (Å²) in [5.41, 5.74) is 5.84. The molecule has 0 radical (unpaired) electrons. The van der Waals surface area contributed by atoms with Crippen LogP contribution in [0.5, 0.6) is 0 Å². The summed E-state index contributed by atoms with van der Waals surface area (Å²) in [7, 11) is 0. The second-order valence-electron chi connectivity index (χ2n) is 5.12. The van der Waals surface area contributed by atoms with Crippen LogP contribution < -0.4 is 5.73 Å². The van der Waals surface area contributed by atoms with E-state index in [0.717, 1.165) is 32.2 Å². The largest absolute Gasteiger partial charge is 0.481 e. The molecule has 5 nitrogen and oxygen atoms in total. The minimum absolute atomic E-state index is 0.0249. The Labute approximate surface area is 108 Å². The van der Waals surface area contributed by atoms with Crippen LogP contribution in [0.3, 0.4) is 0 Å². The van der Waals surface area contributed by atoms with Crippen molar-refractivity contribution < 1.29 is 14.7 Å². The Morgan fingerprint density at radius 3 is 2.83 bits per heavy atom. The van der Waals surface area contributed by atoms with Crippen LogP contribution in [-0.2, 0) is 9.59 Å². The monoisotopic (exact) mass is 256 g/mol. The average molecular weight is 256 g/mol. The smallest absolute Gasteiger partial charge is 0.303 e. The number of amides is 1. The van der Waals surface area contributed by atoms with Gasteiger partial charge in [0, 0.05) is 19.5 Å². The fraction of sp³-hybridized carbons (Fsp3) is 0.846. The minimum atomic E-state index is -0.763. The maximum atomic E-state index is 12.1. The summed E-state index contributed by atoms with van der Waals surface area (Å²) in [5, 5.41) is 8.68. The van der Waals surface area contributed by atoms with Gasteiger partial charge in [0.05, 0.1) is 6.04 Å². The molecule has 0 spiro atoms. The first-order valence-electron chi connectivity index (χ1n) is 6.80. The molecule has 1 rings (SSSR count). The Bertz CT molecular complexity index is 294. The molecule has 2 atom stereocenters. The molecule has 1 aliphatic rings. The number of nitrogens with zero attached hydrogens (tertiary/aromatic N) is 1. The summed E-state index contributed by atoms with van der Waals surface area (Å²) in [6, 6.07) is -0.395. The molecule has 0 bridgehead atoms. The number of carboxylic acid groups (broad SMARTS) is 1. The third-order valence-corrected chi connectivity index (χ3v) is 3.51. The van der Waals surface area contributed by atoms with Crippen molar-refractivity contribution in [2.45, 2.75) is 51.5 Å². The molecule has 0 saturated carbocycles. The van der Waals surface area contributed by atoms with E-state index in [0.29, 0.717) is 18.9 Å². The van der Waals surface area contributed by atoms with Crippen LogP contribution in [0.15, 0.2) is 0 Å². The summed E-state index contributed by atoms with van der Waals surface area (Å²) in [6.07, 6.45) is 4.43. The number of hydrogen-bond acceptors (Lipinski definition) is 3. The van der Waals surface area contributed by atoms with Crippen molar-refractivity contribution in [3.63, 3.8) is 0 Å². The normalized spacial score (nSPS) is 21.7. The van der Waals surface area contributed by atoms with Crippen LogP contribution in [0.2, 0.25) is 0 Å². The predicted octanol–water partition coefficient (Wildman–Crippen LogP) is 1.22. The fourth-order valence-corrected chi connectivity index (χ4v) is 2.50. The number of aliphatic carboxylic acids is 1. The zero-order valence-corrected chi connectivity index (χ0v) is 11.1. The van der Waals surface area contributed by atoms with Crippen molar-refractivity contribution in [3.8, 4) is 0 Å². The Balaban J connectivity index is 2.42.